The molecule has 0 radical (unpaired) electrons. The molecule has 55 heavy (non-hydrogen) atoms. The minimum absolute atomic E-state index is 0.867. The van der Waals surface area contributed by atoms with Crippen LogP contribution in [0.3, 0.4) is 0 Å². The van der Waals surface area contributed by atoms with Crippen molar-refractivity contribution in [3.63, 3.8) is 0 Å². The maximum absolute atomic E-state index is 6.54. The summed E-state index contributed by atoms with van der Waals surface area (Å²) in [6.07, 6.45) is 0. The van der Waals surface area contributed by atoms with Crippen molar-refractivity contribution in [3.05, 3.63) is 206 Å². The Morgan fingerprint density at radius 1 is 0.382 bits per heavy atom. The van der Waals surface area contributed by atoms with Crippen molar-refractivity contribution in [2.24, 2.45) is 0 Å². The first-order valence-electron chi connectivity index (χ1n) is 18.8. The number of anilines is 3. The number of benzene rings is 9. The zero-order valence-electron chi connectivity index (χ0n) is 29.9. The molecule has 3 heteroatoms. The predicted octanol–water partition coefficient (Wildman–Crippen LogP) is 14.6. The van der Waals surface area contributed by atoms with Crippen molar-refractivity contribution in [1.82, 2.24) is 4.57 Å². The molecule has 11 aromatic rings. The molecule has 0 aliphatic heterocycles. The first kappa shape index (κ1) is 31.2. The number of rotatable bonds is 6. The fraction of sp³-hybridized carbons (Fsp3) is 0. The van der Waals surface area contributed by atoms with Gasteiger partial charge in [-0.25, -0.2) is 0 Å². The summed E-state index contributed by atoms with van der Waals surface area (Å²) in [6, 6.07) is 74.0. The van der Waals surface area contributed by atoms with Gasteiger partial charge in [0.05, 0.1) is 16.7 Å². The minimum Gasteiger partial charge on any atom is -0.456 e. The molecular weight excluding hydrogens is 669 g/mol. The summed E-state index contributed by atoms with van der Waals surface area (Å²) >= 11 is 0. The standard InChI is InChI=1S/C52H34N2O/c1-2-13-35(14-3-1)37-27-29-40(30-28-37)53(41-17-12-18-42(34-41)54-46-22-9-6-19-43(46)44-20-7-10-23-47(44)54)48-31-32-50-52(45-21-8-11-24-49(45)55-50)51(48)39-26-25-36-15-4-5-16-38(36)33-39/h1-34H. The number of fused-ring (bicyclic) bond motifs is 7. The van der Waals surface area contributed by atoms with E-state index in [4.69, 9.17) is 4.42 Å². The van der Waals surface area contributed by atoms with Gasteiger partial charge >= 0.3 is 0 Å². The highest BCUT2D eigenvalue weighted by Crippen LogP contribution is 2.48. The number of hydrogen-bond donors (Lipinski definition) is 0. The van der Waals surface area contributed by atoms with Crippen LogP contribution in [0.2, 0.25) is 0 Å². The van der Waals surface area contributed by atoms with E-state index in [2.05, 4.69) is 210 Å². The van der Waals surface area contributed by atoms with E-state index in [-0.39, 0.29) is 0 Å². The summed E-state index contributed by atoms with van der Waals surface area (Å²) < 4.78 is 8.93. The fourth-order valence-corrected chi connectivity index (χ4v) is 8.46. The molecule has 0 bridgehead atoms. The Labute approximate surface area is 318 Å². The molecule has 2 aromatic heterocycles. The second kappa shape index (κ2) is 12.6. The molecule has 0 fully saturated rings. The van der Waals surface area contributed by atoms with E-state index >= 15 is 0 Å². The second-order valence-corrected chi connectivity index (χ2v) is 14.1. The average Bonchev–Trinajstić information content (AvgIpc) is 3.80. The SMILES string of the molecule is c1ccc(-c2ccc(N(c3cccc(-n4c5ccccc5c5ccccc54)c3)c3ccc4oc5ccccc5c4c3-c3ccc4ccccc4c3)cc2)cc1. The lowest BCUT2D eigenvalue weighted by atomic mass is 9.94. The van der Waals surface area contributed by atoms with E-state index in [1.54, 1.807) is 0 Å². The molecule has 0 amide bonds. The zero-order valence-corrected chi connectivity index (χ0v) is 29.9. The number of para-hydroxylation sites is 3. The molecule has 0 saturated heterocycles. The van der Waals surface area contributed by atoms with Crippen molar-refractivity contribution in [1.29, 1.82) is 0 Å². The summed E-state index contributed by atoms with van der Waals surface area (Å²) in [5.74, 6) is 0. The quantitative estimate of drug-likeness (QED) is 0.172. The highest BCUT2D eigenvalue weighted by atomic mass is 16.3. The van der Waals surface area contributed by atoms with Crippen LogP contribution in [-0.4, -0.2) is 4.57 Å². The van der Waals surface area contributed by atoms with Gasteiger partial charge in [-0.1, -0.05) is 140 Å². The monoisotopic (exact) mass is 702 g/mol. The number of aromatic nitrogens is 1. The van der Waals surface area contributed by atoms with Gasteiger partial charge in [0.15, 0.2) is 0 Å². The molecule has 0 saturated carbocycles. The van der Waals surface area contributed by atoms with E-state index in [1.807, 2.05) is 6.07 Å². The molecule has 0 spiro atoms. The molecule has 11 rings (SSSR count). The summed E-state index contributed by atoms with van der Waals surface area (Å²) in [7, 11) is 0. The number of nitrogens with zero attached hydrogens (tertiary/aromatic N) is 2. The van der Waals surface area contributed by atoms with Crippen LogP contribution in [-0.2, 0) is 0 Å². The van der Waals surface area contributed by atoms with Crippen molar-refractivity contribution in [2.45, 2.75) is 0 Å². The van der Waals surface area contributed by atoms with E-state index < -0.39 is 0 Å². The molecule has 3 nitrogen and oxygen atoms in total. The third-order valence-corrected chi connectivity index (χ3v) is 11.0. The van der Waals surface area contributed by atoms with Gasteiger partial charge in [0.2, 0.25) is 0 Å². The van der Waals surface area contributed by atoms with Crippen molar-refractivity contribution >= 4 is 71.6 Å². The summed E-state index contributed by atoms with van der Waals surface area (Å²) in [6.45, 7) is 0. The van der Waals surface area contributed by atoms with Crippen LogP contribution in [0.15, 0.2) is 211 Å². The smallest absolute Gasteiger partial charge is 0.136 e. The van der Waals surface area contributed by atoms with Gasteiger partial charge in [0, 0.05) is 44.2 Å². The fourth-order valence-electron chi connectivity index (χ4n) is 8.46. The molecule has 0 unspecified atom stereocenters. The van der Waals surface area contributed by atoms with Crippen LogP contribution < -0.4 is 4.90 Å². The molecule has 258 valence electrons. The highest BCUT2D eigenvalue weighted by molar-refractivity contribution is 6.17. The van der Waals surface area contributed by atoms with E-state index in [9.17, 15) is 0 Å². The summed E-state index contributed by atoms with van der Waals surface area (Å²) in [5, 5.41) is 7.10. The topological polar surface area (TPSA) is 21.3 Å². The van der Waals surface area contributed by atoms with Gasteiger partial charge in [-0.05, 0) is 94.2 Å². The Morgan fingerprint density at radius 2 is 1.02 bits per heavy atom. The van der Waals surface area contributed by atoms with Crippen molar-refractivity contribution < 1.29 is 4.42 Å². The first-order valence-corrected chi connectivity index (χ1v) is 18.8. The minimum atomic E-state index is 0.867. The summed E-state index contributed by atoms with van der Waals surface area (Å²) in [5.41, 5.74) is 13.0. The Kier molecular flexibility index (Phi) is 7.17. The molecule has 2 heterocycles. The van der Waals surface area contributed by atoms with Gasteiger partial charge in [0.25, 0.3) is 0 Å². The number of furan rings is 1. The maximum atomic E-state index is 6.54. The molecule has 0 aliphatic rings. The zero-order chi connectivity index (χ0) is 36.3. The largest absolute Gasteiger partial charge is 0.456 e. The maximum Gasteiger partial charge on any atom is 0.136 e. The molecule has 0 atom stereocenters. The van der Waals surface area contributed by atoms with Crippen molar-refractivity contribution in [3.8, 4) is 27.9 Å². The van der Waals surface area contributed by atoms with E-state index in [0.717, 1.165) is 55.8 Å². The van der Waals surface area contributed by atoms with Gasteiger partial charge in [0.1, 0.15) is 11.2 Å². The Morgan fingerprint density at radius 3 is 1.80 bits per heavy atom. The van der Waals surface area contributed by atoms with Gasteiger partial charge < -0.3 is 13.9 Å². The highest BCUT2D eigenvalue weighted by Gasteiger charge is 2.24. The lowest BCUT2D eigenvalue weighted by molar-refractivity contribution is 0.669. The lowest BCUT2D eigenvalue weighted by Gasteiger charge is -2.29. The molecule has 9 aromatic carbocycles. The van der Waals surface area contributed by atoms with Crippen LogP contribution in [0, 0.1) is 0 Å². The third kappa shape index (κ3) is 5.13. The summed E-state index contributed by atoms with van der Waals surface area (Å²) in [4.78, 5) is 2.41. The predicted molar refractivity (Wildman–Crippen MR) is 231 cm³/mol. The van der Waals surface area contributed by atoms with Crippen LogP contribution in [0.25, 0.3) is 82.5 Å². The lowest BCUT2D eigenvalue weighted by Crippen LogP contribution is -2.12. The van der Waals surface area contributed by atoms with Crippen LogP contribution in [0.1, 0.15) is 0 Å². The van der Waals surface area contributed by atoms with Gasteiger partial charge in [-0.3, -0.25) is 0 Å². The Hall–Kier alpha value is -7.36. The van der Waals surface area contributed by atoms with Crippen LogP contribution in [0.4, 0.5) is 17.1 Å². The molecule has 0 N–H and O–H groups in total. The molecular formula is C52H34N2O. The Balaban J connectivity index is 1.20. The van der Waals surface area contributed by atoms with Gasteiger partial charge in [-0.15, -0.1) is 0 Å². The third-order valence-electron chi connectivity index (χ3n) is 11.0. The first-order chi connectivity index (χ1) is 27.3. The van der Waals surface area contributed by atoms with E-state index in [0.29, 0.717) is 0 Å². The van der Waals surface area contributed by atoms with Gasteiger partial charge in [-0.2, -0.15) is 0 Å². The van der Waals surface area contributed by atoms with E-state index in [1.165, 1.54) is 43.7 Å². The average molecular weight is 703 g/mol. The van der Waals surface area contributed by atoms with Crippen LogP contribution >= 0.6 is 0 Å². The Bertz CT molecular complexity index is 3150. The van der Waals surface area contributed by atoms with Crippen LogP contribution in [0.5, 0.6) is 0 Å². The van der Waals surface area contributed by atoms with Crippen molar-refractivity contribution in [2.75, 3.05) is 4.90 Å². The normalized spacial score (nSPS) is 11.6. The number of hydrogen-bond acceptors (Lipinski definition) is 2. The second-order valence-electron chi connectivity index (χ2n) is 14.1. The molecule has 0 aliphatic carbocycles.